The average molecular weight is 276 g/mol. The van der Waals surface area contributed by atoms with Crippen molar-refractivity contribution >= 4 is 29.1 Å². The third-order valence-electron chi connectivity index (χ3n) is 2.76. The molecular formula is C12H15Cl2NO2. The van der Waals surface area contributed by atoms with Crippen molar-refractivity contribution in [3.63, 3.8) is 0 Å². The highest BCUT2D eigenvalue weighted by Crippen LogP contribution is 2.24. The molecule has 17 heavy (non-hydrogen) atoms. The SMILES string of the molecule is CN(C(=O)c1cc(Cl)ccc1Cl)C(C)(C)CO. The van der Waals surface area contributed by atoms with E-state index < -0.39 is 5.54 Å². The second-order valence-corrected chi connectivity index (χ2v) is 5.30. The maximum absolute atomic E-state index is 12.2. The Kier molecular flexibility index (Phi) is 4.42. The molecule has 1 aromatic carbocycles. The normalized spacial score (nSPS) is 11.4. The molecule has 0 heterocycles. The first-order valence-electron chi connectivity index (χ1n) is 5.13. The van der Waals surface area contributed by atoms with Gasteiger partial charge in [0.1, 0.15) is 0 Å². The molecular weight excluding hydrogens is 261 g/mol. The number of aliphatic hydroxyl groups is 1. The van der Waals surface area contributed by atoms with Crippen molar-refractivity contribution in [1.82, 2.24) is 4.90 Å². The zero-order valence-corrected chi connectivity index (χ0v) is 11.5. The third-order valence-corrected chi connectivity index (χ3v) is 3.32. The van der Waals surface area contributed by atoms with Gasteiger partial charge in [-0.3, -0.25) is 4.79 Å². The van der Waals surface area contributed by atoms with E-state index in [2.05, 4.69) is 0 Å². The minimum absolute atomic E-state index is 0.132. The van der Waals surface area contributed by atoms with Crippen molar-refractivity contribution < 1.29 is 9.90 Å². The van der Waals surface area contributed by atoms with E-state index in [0.717, 1.165) is 0 Å². The van der Waals surface area contributed by atoms with Crippen LogP contribution in [0.15, 0.2) is 18.2 Å². The quantitative estimate of drug-likeness (QED) is 0.922. The molecule has 5 heteroatoms. The molecule has 1 rings (SSSR count). The minimum atomic E-state index is -0.650. The number of aliphatic hydroxyl groups excluding tert-OH is 1. The number of hydrogen-bond donors (Lipinski definition) is 1. The average Bonchev–Trinajstić information content (AvgIpc) is 2.30. The summed E-state index contributed by atoms with van der Waals surface area (Å²) in [5.41, 5.74) is -0.314. The Bertz CT molecular complexity index is 433. The number of halogens is 2. The molecule has 0 atom stereocenters. The Hall–Kier alpha value is -0.770. The van der Waals surface area contributed by atoms with Crippen LogP contribution in [0.5, 0.6) is 0 Å². The van der Waals surface area contributed by atoms with Crippen LogP contribution >= 0.6 is 23.2 Å². The standard InChI is InChI=1S/C12H15Cl2NO2/c1-12(2,7-16)15(3)11(17)9-6-8(13)4-5-10(9)14/h4-6,16H,7H2,1-3H3. The van der Waals surface area contributed by atoms with E-state index in [1.165, 1.54) is 11.0 Å². The second kappa shape index (κ2) is 5.25. The number of benzene rings is 1. The van der Waals surface area contributed by atoms with Crippen LogP contribution in [0.2, 0.25) is 10.0 Å². The largest absolute Gasteiger partial charge is 0.394 e. The van der Waals surface area contributed by atoms with Gasteiger partial charge in [0.05, 0.1) is 22.7 Å². The molecule has 1 N–H and O–H groups in total. The van der Waals surface area contributed by atoms with Gasteiger partial charge in [0.25, 0.3) is 5.91 Å². The highest BCUT2D eigenvalue weighted by molar-refractivity contribution is 6.35. The summed E-state index contributed by atoms with van der Waals surface area (Å²) in [6.07, 6.45) is 0. The maximum Gasteiger partial charge on any atom is 0.255 e. The molecule has 0 fully saturated rings. The van der Waals surface area contributed by atoms with Gasteiger partial charge in [-0.25, -0.2) is 0 Å². The van der Waals surface area contributed by atoms with E-state index in [4.69, 9.17) is 23.2 Å². The molecule has 0 spiro atoms. The zero-order chi connectivity index (χ0) is 13.2. The fraction of sp³-hybridized carbons (Fsp3) is 0.417. The number of nitrogens with zero attached hydrogens (tertiary/aromatic N) is 1. The molecule has 0 aromatic heterocycles. The lowest BCUT2D eigenvalue weighted by Gasteiger charge is -2.34. The predicted octanol–water partition coefficient (Wildman–Crippen LogP) is 2.84. The minimum Gasteiger partial charge on any atom is -0.394 e. The van der Waals surface area contributed by atoms with Crippen LogP contribution in [0.25, 0.3) is 0 Å². The monoisotopic (exact) mass is 275 g/mol. The molecule has 94 valence electrons. The Balaban J connectivity index is 3.08. The van der Waals surface area contributed by atoms with E-state index in [9.17, 15) is 9.90 Å². The summed E-state index contributed by atoms with van der Waals surface area (Å²) >= 11 is 11.8. The van der Waals surface area contributed by atoms with Gasteiger partial charge in [0, 0.05) is 12.1 Å². The van der Waals surface area contributed by atoms with Gasteiger partial charge in [-0.05, 0) is 32.0 Å². The fourth-order valence-electron chi connectivity index (χ4n) is 1.22. The summed E-state index contributed by atoms with van der Waals surface area (Å²) in [6.45, 7) is 3.40. The summed E-state index contributed by atoms with van der Waals surface area (Å²) in [4.78, 5) is 13.6. The van der Waals surface area contributed by atoms with Gasteiger partial charge in [0.2, 0.25) is 0 Å². The summed E-state index contributed by atoms with van der Waals surface area (Å²) in [5, 5.41) is 10.0. The van der Waals surface area contributed by atoms with E-state index in [1.807, 2.05) is 0 Å². The lowest BCUT2D eigenvalue weighted by molar-refractivity contribution is 0.0473. The molecule has 0 unspecified atom stereocenters. The zero-order valence-electron chi connectivity index (χ0n) is 10.00. The van der Waals surface area contributed by atoms with Crippen molar-refractivity contribution in [2.75, 3.05) is 13.7 Å². The van der Waals surface area contributed by atoms with Crippen molar-refractivity contribution in [2.45, 2.75) is 19.4 Å². The molecule has 0 saturated heterocycles. The first-order valence-corrected chi connectivity index (χ1v) is 5.89. The number of amides is 1. The van der Waals surface area contributed by atoms with E-state index in [0.29, 0.717) is 15.6 Å². The Labute approximate surface area is 111 Å². The van der Waals surface area contributed by atoms with Crippen LogP contribution < -0.4 is 0 Å². The first kappa shape index (κ1) is 14.3. The first-order chi connectivity index (χ1) is 7.79. The highest BCUT2D eigenvalue weighted by atomic mass is 35.5. The van der Waals surface area contributed by atoms with Crippen molar-refractivity contribution in [2.24, 2.45) is 0 Å². The van der Waals surface area contributed by atoms with Gasteiger partial charge in [-0.1, -0.05) is 23.2 Å². The van der Waals surface area contributed by atoms with Crippen molar-refractivity contribution in [1.29, 1.82) is 0 Å². The lowest BCUT2D eigenvalue weighted by atomic mass is 10.0. The summed E-state index contributed by atoms with van der Waals surface area (Å²) in [6, 6.07) is 4.73. The van der Waals surface area contributed by atoms with Crippen LogP contribution in [0.4, 0.5) is 0 Å². The molecule has 0 aliphatic carbocycles. The maximum atomic E-state index is 12.2. The number of carbonyl (C=O) groups is 1. The van der Waals surface area contributed by atoms with Crippen LogP contribution in [0.1, 0.15) is 24.2 Å². The summed E-state index contributed by atoms with van der Waals surface area (Å²) < 4.78 is 0. The Morgan fingerprint density at radius 1 is 1.41 bits per heavy atom. The number of likely N-dealkylation sites (N-methyl/N-ethyl adjacent to an activating group) is 1. The van der Waals surface area contributed by atoms with Gasteiger partial charge in [0.15, 0.2) is 0 Å². The van der Waals surface area contributed by atoms with Crippen LogP contribution in [-0.2, 0) is 0 Å². The number of carbonyl (C=O) groups excluding carboxylic acids is 1. The molecule has 0 radical (unpaired) electrons. The van der Waals surface area contributed by atoms with Gasteiger partial charge >= 0.3 is 0 Å². The van der Waals surface area contributed by atoms with Crippen LogP contribution in [0, 0.1) is 0 Å². The molecule has 0 aliphatic heterocycles. The Morgan fingerprint density at radius 2 is 2.00 bits per heavy atom. The molecule has 0 aliphatic rings. The molecule has 0 saturated carbocycles. The van der Waals surface area contributed by atoms with E-state index in [-0.39, 0.29) is 12.5 Å². The van der Waals surface area contributed by atoms with Crippen molar-refractivity contribution in [3.05, 3.63) is 33.8 Å². The number of hydrogen-bond acceptors (Lipinski definition) is 2. The Morgan fingerprint density at radius 3 is 2.53 bits per heavy atom. The van der Waals surface area contributed by atoms with Gasteiger partial charge < -0.3 is 10.0 Å². The third kappa shape index (κ3) is 3.12. The molecule has 0 bridgehead atoms. The topological polar surface area (TPSA) is 40.5 Å². The summed E-state index contributed by atoms with van der Waals surface area (Å²) in [5.74, 6) is -0.267. The van der Waals surface area contributed by atoms with Crippen molar-refractivity contribution in [3.8, 4) is 0 Å². The van der Waals surface area contributed by atoms with Crippen LogP contribution in [-0.4, -0.2) is 35.1 Å². The highest BCUT2D eigenvalue weighted by Gasteiger charge is 2.28. The molecule has 1 amide bonds. The fourth-order valence-corrected chi connectivity index (χ4v) is 1.59. The molecule has 1 aromatic rings. The smallest absolute Gasteiger partial charge is 0.255 e. The van der Waals surface area contributed by atoms with Gasteiger partial charge in [-0.15, -0.1) is 0 Å². The lowest BCUT2D eigenvalue weighted by Crippen LogP contribution is -2.47. The van der Waals surface area contributed by atoms with Crippen LogP contribution in [0.3, 0.4) is 0 Å². The number of rotatable bonds is 3. The van der Waals surface area contributed by atoms with E-state index in [1.54, 1.807) is 33.0 Å². The summed E-state index contributed by atoms with van der Waals surface area (Å²) in [7, 11) is 1.62. The predicted molar refractivity (Wildman–Crippen MR) is 69.7 cm³/mol. The second-order valence-electron chi connectivity index (χ2n) is 4.46. The van der Waals surface area contributed by atoms with Gasteiger partial charge in [-0.2, -0.15) is 0 Å². The molecule has 3 nitrogen and oxygen atoms in total. The van der Waals surface area contributed by atoms with E-state index >= 15 is 0 Å².